The van der Waals surface area contributed by atoms with E-state index in [0.29, 0.717) is 5.69 Å². The molecule has 0 aliphatic carbocycles. The number of hydrogen-bond donors (Lipinski definition) is 4. The van der Waals surface area contributed by atoms with Gasteiger partial charge in [0.15, 0.2) is 5.78 Å². The van der Waals surface area contributed by atoms with Crippen molar-refractivity contribution in [3.63, 3.8) is 0 Å². The molecule has 3 rings (SSSR count). The van der Waals surface area contributed by atoms with Gasteiger partial charge in [-0.15, -0.1) is 0 Å². The second kappa shape index (κ2) is 5.76. The van der Waals surface area contributed by atoms with E-state index in [4.69, 9.17) is 11.5 Å². The molecule has 0 saturated heterocycles. The molecule has 0 fully saturated rings. The number of anilines is 2. The number of ketones is 1. The van der Waals surface area contributed by atoms with E-state index in [1.54, 1.807) is 24.3 Å². The van der Waals surface area contributed by atoms with E-state index in [-0.39, 0.29) is 39.1 Å². The van der Waals surface area contributed by atoms with E-state index in [1.807, 2.05) is 0 Å². The predicted molar refractivity (Wildman–Crippen MR) is 94.1 cm³/mol. The minimum Gasteiger partial charge on any atom is -0.507 e. The van der Waals surface area contributed by atoms with Gasteiger partial charge in [0, 0.05) is 33.7 Å². The van der Waals surface area contributed by atoms with Crippen LogP contribution >= 0.6 is 0 Å². The predicted octanol–water partition coefficient (Wildman–Crippen LogP) is 2.19. The summed E-state index contributed by atoms with van der Waals surface area (Å²) in [5.74, 6) is -0.758. The van der Waals surface area contributed by atoms with Gasteiger partial charge in [-0.3, -0.25) is 9.35 Å². The van der Waals surface area contributed by atoms with Gasteiger partial charge >= 0.3 is 0 Å². The minimum absolute atomic E-state index is 0.132. The molecular weight excluding hydrogens is 344 g/mol. The zero-order valence-electron chi connectivity index (χ0n) is 12.8. The third kappa shape index (κ3) is 2.88. The minimum atomic E-state index is -4.63. The van der Waals surface area contributed by atoms with E-state index in [0.717, 1.165) is 6.07 Å². The van der Waals surface area contributed by atoms with Gasteiger partial charge in [-0.25, -0.2) is 0 Å². The summed E-state index contributed by atoms with van der Waals surface area (Å²) in [4.78, 5) is 12.0. The number of hydrogen-bond acceptors (Lipinski definition) is 6. The third-order valence-corrected chi connectivity index (χ3v) is 4.76. The highest BCUT2D eigenvalue weighted by atomic mass is 32.2. The van der Waals surface area contributed by atoms with E-state index >= 15 is 0 Å². The maximum Gasteiger partial charge on any atom is 0.296 e. The molecule has 6 N–H and O–H groups in total. The molecule has 3 aromatic carbocycles. The Morgan fingerprint density at radius 1 is 0.960 bits per heavy atom. The Morgan fingerprint density at radius 2 is 1.64 bits per heavy atom. The van der Waals surface area contributed by atoms with E-state index in [2.05, 4.69) is 0 Å². The molecule has 128 valence electrons. The van der Waals surface area contributed by atoms with Gasteiger partial charge in [-0.1, -0.05) is 18.2 Å². The summed E-state index contributed by atoms with van der Waals surface area (Å²) in [5, 5.41) is 10.4. The lowest BCUT2D eigenvalue weighted by molar-refractivity contribution is 0.103. The van der Waals surface area contributed by atoms with Crippen LogP contribution in [0.2, 0.25) is 0 Å². The summed E-state index contributed by atoms with van der Waals surface area (Å²) in [6.45, 7) is 0. The largest absolute Gasteiger partial charge is 0.507 e. The molecule has 0 bridgehead atoms. The zero-order chi connectivity index (χ0) is 18.4. The Hall–Kier alpha value is -3.10. The summed E-state index contributed by atoms with van der Waals surface area (Å²) in [6, 6.07) is 11.7. The van der Waals surface area contributed by atoms with Gasteiger partial charge < -0.3 is 16.6 Å². The van der Waals surface area contributed by atoms with E-state index in [9.17, 15) is 22.9 Å². The lowest BCUT2D eigenvalue weighted by Gasteiger charge is -2.11. The van der Waals surface area contributed by atoms with Crippen molar-refractivity contribution in [3.05, 3.63) is 59.7 Å². The quantitative estimate of drug-likeness (QED) is 0.243. The van der Waals surface area contributed by atoms with Crippen LogP contribution in [-0.4, -0.2) is 23.9 Å². The van der Waals surface area contributed by atoms with Crippen molar-refractivity contribution in [1.82, 2.24) is 0 Å². The normalized spacial score (nSPS) is 11.6. The molecule has 0 amide bonds. The van der Waals surface area contributed by atoms with Gasteiger partial charge in [-0.05, 0) is 24.3 Å². The smallest absolute Gasteiger partial charge is 0.296 e. The SMILES string of the molecule is Nc1ccccc1C(=O)c1ccc2c(O)cc(S(=O)(=O)O)c(N)c2c1. The number of aromatic hydroxyl groups is 1. The average Bonchev–Trinajstić information content (AvgIpc) is 2.56. The first-order valence-electron chi connectivity index (χ1n) is 7.12. The second-order valence-corrected chi connectivity index (χ2v) is 6.85. The third-order valence-electron chi connectivity index (χ3n) is 3.86. The highest BCUT2D eigenvalue weighted by Gasteiger charge is 2.20. The van der Waals surface area contributed by atoms with Crippen LogP contribution in [0, 0.1) is 0 Å². The van der Waals surface area contributed by atoms with Crippen LogP contribution in [0.25, 0.3) is 10.8 Å². The number of benzene rings is 3. The summed E-state index contributed by atoms with van der Waals surface area (Å²) >= 11 is 0. The topological polar surface area (TPSA) is 144 Å². The fourth-order valence-electron chi connectivity index (χ4n) is 2.62. The van der Waals surface area contributed by atoms with Gasteiger partial charge in [0.05, 0.1) is 5.69 Å². The lowest BCUT2D eigenvalue weighted by atomic mass is 9.98. The van der Waals surface area contributed by atoms with E-state index in [1.165, 1.54) is 18.2 Å². The van der Waals surface area contributed by atoms with Crippen LogP contribution in [0.5, 0.6) is 5.75 Å². The Balaban J connectivity index is 2.25. The summed E-state index contributed by atoms with van der Waals surface area (Å²) in [5.41, 5.74) is 12.2. The number of carbonyl (C=O) groups is 1. The van der Waals surface area contributed by atoms with Crippen molar-refractivity contribution >= 4 is 38.0 Å². The second-order valence-electron chi connectivity index (χ2n) is 5.46. The lowest BCUT2D eigenvalue weighted by Crippen LogP contribution is -2.06. The Kier molecular flexibility index (Phi) is 3.86. The zero-order valence-corrected chi connectivity index (χ0v) is 13.6. The molecule has 7 nitrogen and oxygen atoms in total. The molecule has 0 spiro atoms. The molecule has 0 aliphatic rings. The van der Waals surface area contributed by atoms with Crippen LogP contribution in [-0.2, 0) is 10.1 Å². The van der Waals surface area contributed by atoms with Gasteiger partial charge in [0.2, 0.25) is 0 Å². The molecular formula is C17H14N2O5S. The highest BCUT2D eigenvalue weighted by molar-refractivity contribution is 7.86. The van der Waals surface area contributed by atoms with Gasteiger partial charge in [0.1, 0.15) is 10.6 Å². The maximum absolute atomic E-state index is 12.6. The molecule has 0 aromatic heterocycles. The number of fused-ring (bicyclic) bond motifs is 1. The molecule has 0 heterocycles. The van der Waals surface area contributed by atoms with Gasteiger partial charge in [-0.2, -0.15) is 8.42 Å². The van der Waals surface area contributed by atoms with Crippen molar-refractivity contribution in [2.45, 2.75) is 4.90 Å². The molecule has 0 unspecified atom stereocenters. The summed E-state index contributed by atoms with van der Waals surface area (Å²) in [7, 11) is -4.63. The highest BCUT2D eigenvalue weighted by Crippen LogP contribution is 2.36. The number of nitrogen functional groups attached to an aromatic ring is 2. The number of para-hydroxylation sites is 1. The fraction of sp³-hybridized carbons (Fsp3) is 0. The Labute approximate surface area is 143 Å². The van der Waals surface area contributed by atoms with Crippen molar-refractivity contribution in [2.24, 2.45) is 0 Å². The number of phenols is 1. The monoisotopic (exact) mass is 358 g/mol. The van der Waals surface area contributed by atoms with Crippen molar-refractivity contribution < 1.29 is 22.9 Å². The van der Waals surface area contributed by atoms with E-state index < -0.39 is 15.0 Å². The van der Waals surface area contributed by atoms with Crippen LogP contribution in [0.1, 0.15) is 15.9 Å². The molecule has 3 aromatic rings. The standard InChI is InChI=1S/C17H14N2O5S/c18-13-4-2-1-3-11(13)17(21)9-5-6-10-12(7-9)16(19)15(8-14(10)20)25(22,23)24/h1-8,20H,18-19H2,(H,22,23,24). The fourth-order valence-corrected chi connectivity index (χ4v) is 3.27. The summed E-state index contributed by atoms with van der Waals surface area (Å²) < 4.78 is 32.1. The van der Waals surface area contributed by atoms with Gasteiger partial charge in [0.25, 0.3) is 10.1 Å². The van der Waals surface area contributed by atoms with Crippen molar-refractivity contribution in [2.75, 3.05) is 11.5 Å². The number of phenolic OH excluding ortho intramolecular Hbond substituents is 1. The molecule has 0 radical (unpaired) electrons. The van der Waals surface area contributed by atoms with Crippen LogP contribution in [0.3, 0.4) is 0 Å². The molecule has 0 aliphatic heterocycles. The maximum atomic E-state index is 12.6. The summed E-state index contributed by atoms with van der Waals surface area (Å²) in [6.07, 6.45) is 0. The van der Waals surface area contributed by atoms with Crippen molar-refractivity contribution in [1.29, 1.82) is 0 Å². The number of rotatable bonds is 3. The Bertz CT molecular complexity index is 1120. The Morgan fingerprint density at radius 3 is 2.28 bits per heavy atom. The van der Waals surface area contributed by atoms with Crippen molar-refractivity contribution in [3.8, 4) is 5.75 Å². The van der Waals surface area contributed by atoms with Crippen LogP contribution in [0.15, 0.2) is 53.4 Å². The average molecular weight is 358 g/mol. The molecule has 8 heteroatoms. The molecule has 0 atom stereocenters. The van der Waals surface area contributed by atoms with Crippen LogP contribution < -0.4 is 11.5 Å². The number of nitrogens with two attached hydrogens (primary N) is 2. The molecule has 25 heavy (non-hydrogen) atoms. The number of carbonyl (C=O) groups excluding carboxylic acids is 1. The first-order valence-corrected chi connectivity index (χ1v) is 8.56. The van der Waals surface area contributed by atoms with Crippen LogP contribution in [0.4, 0.5) is 11.4 Å². The first kappa shape index (κ1) is 16.7. The first-order chi connectivity index (χ1) is 11.7. The molecule has 0 saturated carbocycles.